The Morgan fingerprint density at radius 1 is 1.19 bits per heavy atom. The van der Waals surface area contributed by atoms with Gasteiger partial charge in [-0.2, -0.15) is 11.8 Å². The number of hydrogen-bond donors (Lipinski definition) is 1. The molecule has 0 aliphatic carbocycles. The second-order valence-electron chi connectivity index (χ2n) is 9.05. The largest absolute Gasteiger partial charge is 0.346 e. The first-order valence-electron chi connectivity index (χ1n) is 11.6. The highest BCUT2D eigenvalue weighted by atomic mass is 35.5. The van der Waals surface area contributed by atoms with Crippen LogP contribution in [0.1, 0.15) is 41.4 Å². The molecule has 0 radical (unpaired) electrons. The number of rotatable bonds is 5. The number of nitrogens with zero attached hydrogens (tertiary/aromatic N) is 2. The van der Waals surface area contributed by atoms with Crippen molar-refractivity contribution in [2.75, 3.05) is 15.8 Å². The van der Waals surface area contributed by atoms with Crippen LogP contribution in [-0.2, 0) is 22.0 Å². The van der Waals surface area contributed by atoms with Gasteiger partial charge in [0, 0.05) is 17.2 Å². The summed E-state index contributed by atoms with van der Waals surface area (Å²) in [6.07, 6.45) is 3.22. The molecule has 2 aliphatic heterocycles. The zero-order chi connectivity index (χ0) is 25.5. The molecule has 36 heavy (non-hydrogen) atoms. The van der Waals surface area contributed by atoms with Crippen molar-refractivity contribution in [2.45, 2.75) is 42.7 Å². The van der Waals surface area contributed by atoms with E-state index in [0.29, 0.717) is 22.0 Å². The van der Waals surface area contributed by atoms with Crippen LogP contribution in [0.5, 0.6) is 0 Å². The van der Waals surface area contributed by atoms with Crippen LogP contribution in [0.2, 0.25) is 5.02 Å². The molecule has 10 heteroatoms. The number of carbonyl (C=O) groups excluding carboxylic acids is 1. The molecule has 3 aromatic rings. The number of hydrogen-bond acceptors (Lipinski definition) is 5. The van der Waals surface area contributed by atoms with Crippen molar-refractivity contribution in [3.8, 4) is 0 Å². The second-order valence-corrected chi connectivity index (χ2v) is 12.5. The number of halogens is 2. The number of pyridine rings is 1. The SMILES string of the molecule is CC1N(S(=O)(=O)c2ccc(F)cc2)c2ccc(C(=O)NCc3ncccc3Cl)cc2C12CCSCC2. The van der Waals surface area contributed by atoms with Crippen LogP contribution >= 0.6 is 23.4 Å². The number of thioether (sulfide) groups is 1. The van der Waals surface area contributed by atoms with Crippen LogP contribution in [0.15, 0.2) is 65.7 Å². The van der Waals surface area contributed by atoms with Crippen LogP contribution in [0.3, 0.4) is 0 Å². The van der Waals surface area contributed by atoms with Gasteiger partial charge in [-0.1, -0.05) is 11.6 Å². The lowest BCUT2D eigenvalue weighted by Gasteiger charge is -2.39. The standard InChI is InChI=1S/C26H25ClFN3O3S2/c1-17-26(10-13-35-14-11-26)21-15-18(25(32)30-16-23-22(27)3-2-12-29-23)4-9-24(21)31(17)36(33,34)20-7-5-19(28)6-8-20/h2-9,12,15,17H,10-11,13-14,16H2,1H3,(H,30,32). The summed E-state index contributed by atoms with van der Waals surface area (Å²) in [5.74, 6) is 1.03. The molecule has 6 nitrogen and oxygen atoms in total. The summed E-state index contributed by atoms with van der Waals surface area (Å²) < 4.78 is 42.5. The van der Waals surface area contributed by atoms with Crippen LogP contribution < -0.4 is 9.62 Å². The fourth-order valence-electron chi connectivity index (χ4n) is 5.22. The summed E-state index contributed by atoms with van der Waals surface area (Å²) in [5, 5.41) is 3.34. The lowest BCUT2D eigenvalue weighted by atomic mass is 9.72. The molecule has 1 fully saturated rings. The highest BCUT2D eigenvalue weighted by Gasteiger charge is 2.53. The van der Waals surface area contributed by atoms with E-state index in [0.717, 1.165) is 42.0 Å². The number of aromatic nitrogens is 1. The molecule has 1 amide bonds. The summed E-state index contributed by atoms with van der Waals surface area (Å²) in [6.45, 7) is 2.11. The molecule has 1 atom stereocenters. The van der Waals surface area contributed by atoms with Gasteiger partial charge < -0.3 is 5.32 Å². The number of benzene rings is 2. The van der Waals surface area contributed by atoms with Crippen molar-refractivity contribution >= 4 is 45.0 Å². The van der Waals surface area contributed by atoms with Gasteiger partial charge in [-0.25, -0.2) is 12.8 Å². The number of sulfonamides is 1. The molecule has 1 unspecified atom stereocenters. The predicted molar refractivity (Wildman–Crippen MR) is 141 cm³/mol. The van der Waals surface area contributed by atoms with E-state index in [1.54, 1.807) is 30.5 Å². The second kappa shape index (κ2) is 9.68. The smallest absolute Gasteiger partial charge is 0.264 e. The van der Waals surface area contributed by atoms with Gasteiger partial charge in [0.1, 0.15) is 5.82 Å². The van der Waals surface area contributed by atoms with Gasteiger partial charge in [0.25, 0.3) is 15.9 Å². The first kappa shape index (κ1) is 25.0. The van der Waals surface area contributed by atoms with E-state index in [1.165, 1.54) is 16.4 Å². The Morgan fingerprint density at radius 3 is 2.61 bits per heavy atom. The van der Waals surface area contributed by atoms with Crippen LogP contribution in [0.25, 0.3) is 0 Å². The molecule has 1 N–H and O–H groups in total. The number of nitrogens with one attached hydrogen (secondary N) is 1. The molecule has 188 valence electrons. The van der Waals surface area contributed by atoms with Gasteiger partial charge in [0.2, 0.25) is 0 Å². The maximum atomic E-state index is 13.8. The first-order chi connectivity index (χ1) is 17.2. The normalized spacial score (nSPS) is 18.8. The van der Waals surface area contributed by atoms with Gasteiger partial charge in [0.05, 0.1) is 33.9 Å². The van der Waals surface area contributed by atoms with E-state index < -0.39 is 21.3 Å². The molecule has 2 aliphatic rings. The lowest BCUT2D eigenvalue weighted by Crippen LogP contribution is -2.47. The molecule has 5 rings (SSSR count). The lowest BCUT2D eigenvalue weighted by molar-refractivity contribution is 0.0950. The summed E-state index contributed by atoms with van der Waals surface area (Å²) in [6, 6.07) is 13.2. The summed E-state index contributed by atoms with van der Waals surface area (Å²) in [5.41, 5.74) is 2.05. The molecule has 1 saturated heterocycles. The van der Waals surface area contributed by atoms with Crippen molar-refractivity contribution < 1.29 is 17.6 Å². The average Bonchev–Trinajstić information content (AvgIpc) is 3.11. The highest BCUT2D eigenvalue weighted by molar-refractivity contribution is 7.99. The monoisotopic (exact) mass is 545 g/mol. The van der Waals surface area contributed by atoms with E-state index in [4.69, 9.17) is 11.6 Å². The zero-order valence-corrected chi connectivity index (χ0v) is 22.0. The summed E-state index contributed by atoms with van der Waals surface area (Å²) in [7, 11) is -3.94. The molecule has 0 saturated carbocycles. The van der Waals surface area contributed by atoms with E-state index in [9.17, 15) is 17.6 Å². The zero-order valence-electron chi connectivity index (χ0n) is 19.6. The van der Waals surface area contributed by atoms with Gasteiger partial charge in [0.15, 0.2) is 0 Å². The van der Waals surface area contributed by atoms with Gasteiger partial charge >= 0.3 is 0 Å². The van der Waals surface area contributed by atoms with Crippen LogP contribution in [-0.4, -0.2) is 36.9 Å². The van der Waals surface area contributed by atoms with Crippen molar-refractivity contribution in [1.29, 1.82) is 0 Å². The fraction of sp³-hybridized carbons (Fsp3) is 0.308. The van der Waals surface area contributed by atoms with Gasteiger partial charge in [-0.15, -0.1) is 0 Å². The number of carbonyl (C=O) groups is 1. The third-order valence-electron chi connectivity index (χ3n) is 7.19. The van der Waals surface area contributed by atoms with Crippen molar-refractivity contribution in [2.24, 2.45) is 0 Å². The molecular weight excluding hydrogens is 521 g/mol. The molecule has 3 heterocycles. The number of amides is 1. The first-order valence-corrected chi connectivity index (χ1v) is 14.6. The van der Waals surface area contributed by atoms with Crippen molar-refractivity contribution in [3.05, 3.63) is 88.5 Å². The molecule has 1 aromatic heterocycles. The van der Waals surface area contributed by atoms with Crippen molar-refractivity contribution in [1.82, 2.24) is 10.3 Å². The van der Waals surface area contributed by atoms with Gasteiger partial charge in [-0.3, -0.25) is 14.1 Å². The van der Waals surface area contributed by atoms with E-state index in [1.807, 2.05) is 24.8 Å². The maximum absolute atomic E-state index is 13.8. The quantitative estimate of drug-likeness (QED) is 0.479. The highest BCUT2D eigenvalue weighted by Crippen LogP contribution is 2.54. The Balaban J connectivity index is 1.52. The minimum Gasteiger partial charge on any atom is -0.346 e. The van der Waals surface area contributed by atoms with Crippen LogP contribution in [0.4, 0.5) is 10.1 Å². The van der Waals surface area contributed by atoms with Crippen molar-refractivity contribution in [3.63, 3.8) is 0 Å². The predicted octanol–water partition coefficient (Wildman–Crippen LogP) is 5.17. The Labute approximate surface area is 219 Å². The average molecular weight is 546 g/mol. The minimum atomic E-state index is -3.94. The fourth-order valence-corrected chi connectivity index (χ4v) is 8.37. The summed E-state index contributed by atoms with van der Waals surface area (Å²) >= 11 is 8.01. The Bertz CT molecular complexity index is 1410. The number of anilines is 1. The molecular formula is C26H25ClFN3O3S2. The molecule has 0 bridgehead atoms. The molecule has 2 aromatic carbocycles. The Kier molecular flexibility index (Phi) is 6.74. The van der Waals surface area contributed by atoms with Crippen LogP contribution in [0, 0.1) is 5.82 Å². The maximum Gasteiger partial charge on any atom is 0.264 e. The molecule has 1 spiro atoms. The van der Waals surface area contributed by atoms with Gasteiger partial charge in [-0.05, 0) is 91.4 Å². The minimum absolute atomic E-state index is 0.0398. The number of fused-ring (bicyclic) bond motifs is 2. The Hall–Kier alpha value is -2.62. The summed E-state index contributed by atoms with van der Waals surface area (Å²) in [4.78, 5) is 17.3. The topological polar surface area (TPSA) is 79.4 Å². The third kappa shape index (κ3) is 4.27. The third-order valence-corrected chi connectivity index (χ3v) is 10.4. The van der Waals surface area contributed by atoms with E-state index >= 15 is 0 Å². The van der Waals surface area contributed by atoms with E-state index in [2.05, 4.69) is 10.3 Å². The van der Waals surface area contributed by atoms with E-state index in [-0.39, 0.29) is 23.4 Å². The Morgan fingerprint density at radius 2 is 1.92 bits per heavy atom.